The zero-order valence-corrected chi connectivity index (χ0v) is 12.3. The van der Waals surface area contributed by atoms with Crippen LogP contribution in [0.1, 0.15) is 0 Å². The quantitative estimate of drug-likeness (QED) is 0.816. The van der Waals surface area contributed by atoms with E-state index in [4.69, 9.17) is 15.8 Å². The Kier molecular flexibility index (Phi) is 5.80. The molecule has 0 saturated carbocycles. The van der Waals surface area contributed by atoms with Crippen molar-refractivity contribution in [2.75, 3.05) is 11.9 Å². The number of hydrogen-bond donors (Lipinski definition) is 1. The Hall–Kier alpha value is -2.70. The lowest BCUT2D eigenvalue weighted by Crippen LogP contribution is -2.19. The monoisotopic (exact) mass is 370 g/mol. The average molecular weight is 371 g/mol. The van der Waals surface area contributed by atoms with Gasteiger partial charge < -0.3 is 10.1 Å². The number of nitrogens with one attached hydrogen (secondary N) is 1. The summed E-state index contributed by atoms with van der Waals surface area (Å²) in [5, 5.41) is 28.9. The maximum absolute atomic E-state index is 12.2. The molecule has 0 aliphatic heterocycles. The molecule has 1 N–H and O–H groups in total. The number of nitrogens with zero attached hydrogens (tertiary/aromatic N) is 3. The summed E-state index contributed by atoms with van der Waals surface area (Å²) < 4.78 is 41.7. The molecule has 0 aliphatic carbocycles. The summed E-state index contributed by atoms with van der Waals surface area (Å²) in [7, 11) is 0. The van der Waals surface area contributed by atoms with Gasteiger partial charge in [0.25, 0.3) is 0 Å². The van der Waals surface area contributed by atoms with Crippen molar-refractivity contribution in [2.24, 2.45) is 0 Å². The number of halogens is 4. The largest absolute Gasteiger partial charge is 0.482 e. The molecule has 1 rings (SSSR count). The van der Waals surface area contributed by atoms with Crippen LogP contribution in [0.2, 0.25) is 0 Å². The van der Waals surface area contributed by atoms with Crippen molar-refractivity contribution in [1.82, 2.24) is 0 Å². The molecule has 5 nitrogen and oxygen atoms in total. The van der Waals surface area contributed by atoms with Crippen molar-refractivity contribution in [2.45, 2.75) is 6.18 Å². The van der Waals surface area contributed by atoms with Gasteiger partial charge in [0.2, 0.25) is 0 Å². The average Bonchev–Trinajstić information content (AvgIpc) is 2.46. The normalized spacial score (nSPS) is 9.86. The van der Waals surface area contributed by atoms with Crippen molar-refractivity contribution in [3.8, 4) is 24.0 Å². The molecule has 0 spiro atoms. The lowest BCUT2D eigenvalue weighted by molar-refractivity contribution is -0.153. The van der Waals surface area contributed by atoms with E-state index in [1.54, 1.807) is 6.07 Å². The topological polar surface area (TPSA) is 92.6 Å². The van der Waals surface area contributed by atoms with Gasteiger partial charge in [-0.15, -0.1) is 0 Å². The highest BCUT2D eigenvalue weighted by Crippen LogP contribution is 2.34. The molecule has 0 saturated heterocycles. The van der Waals surface area contributed by atoms with Gasteiger partial charge in [0.1, 0.15) is 29.7 Å². The van der Waals surface area contributed by atoms with Gasteiger partial charge in [0.15, 0.2) is 12.2 Å². The zero-order chi connectivity index (χ0) is 16.8. The van der Waals surface area contributed by atoms with Gasteiger partial charge in [0.05, 0.1) is 5.69 Å². The molecule has 0 heterocycles. The minimum Gasteiger partial charge on any atom is -0.482 e. The lowest BCUT2D eigenvalue weighted by atomic mass is 10.2. The minimum atomic E-state index is -4.53. The fraction of sp³-hybridized carbons (Fsp3) is 0.154. The van der Waals surface area contributed by atoms with E-state index in [1.165, 1.54) is 30.3 Å². The molecule has 22 heavy (non-hydrogen) atoms. The zero-order valence-electron chi connectivity index (χ0n) is 10.7. The van der Waals surface area contributed by atoms with E-state index in [1.807, 2.05) is 0 Å². The molecule has 112 valence electrons. The first-order valence-corrected chi connectivity index (χ1v) is 6.31. The van der Waals surface area contributed by atoms with Gasteiger partial charge >= 0.3 is 6.18 Å². The Bertz CT molecular complexity index is 707. The van der Waals surface area contributed by atoms with Crippen molar-refractivity contribution in [3.05, 3.63) is 33.9 Å². The van der Waals surface area contributed by atoms with Crippen LogP contribution in [-0.2, 0) is 0 Å². The molecular formula is C13H6BrF3N4O. The first-order chi connectivity index (χ1) is 10.3. The van der Waals surface area contributed by atoms with Crippen molar-refractivity contribution < 1.29 is 17.9 Å². The summed E-state index contributed by atoms with van der Waals surface area (Å²) in [5.74, 6) is -0.185. The number of hydrogen-bond acceptors (Lipinski definition) is 5. The van der Waals surface area contributed by atoms with Crippen LogP contribution in [0.25, 0.3) is 0 Å². The highest BCUT2D eigenvalue weighted by molar-refractivity contribution is 9.10. The van der Waals surface area contributed by atoms with Gasteiger partial charge in [-0.05, 0) is 28.1 Å². The second-order valence-electron chi connectivity index (χ2n) is 3.73. The van der Waals surface area contributed by atoms with Crippen LogP contribution >= 0.6 is 15.9 Å². The molecule has 0 fully saturated rings. The smallest absolute Gasteiger partial charge is 0.422 e. The third-order valence-corrected chi connectivity index (χ3v) is 2.86. The predicted octanol–water partition coefficient (Wildman–Crippen LogP) is 3.63. The van der Waals surface area contributed by atoms with E-state index in [-0.39, 0.29) is 11.4 Å². The van der Waals surface area contributed by atoms with Gasteiger partial charge in [-0.25, -0.2) is 0 Å². The summed E-state index contributed by atoms with van der Waals surface area (Å²) >= 11 is 3.10. The second kappa shape index (κ2) is 7.35. The minimum absolute atomic E-state index is 0.00583. The van der Waals surface area contributed by atoms with Crippen molar-refractivity contribution in [1.29, 1.82) is 15.8 Å². The van der Waals surface area contributed by atoms with Crippen LogP contribution < -0.4 is 10.1 Å². The van der Waals surface area contributed by atoms with E-state index in [2.05, 4.69) is 26.0 Å². The number of para-hydroxylation sites is 1. The fourth-order valence-corrected chi connectivity index (χ4v) is 1.76. The molecule has 0 amide bonds. The number of ether oxygens (including phenoxy) is 1. The van der Waals surface area contributed by atoms with E-state index in [0.29, 0.717) is 4.47 Å². The van der Waals surface area contributed by atoms with Gasteiger partial charge in [-0.3, -0.25) is 0 Å². The molecular weight excluding hydrogens is 365 g/mol. The number of anilines is 1. The number of alkyl halides is 3. The van der Waals surface area contributed by atoms with Crippen LogP contribution in [0.3, 0.4) is 0 Å². The van der Waals surface area contributed by atoms with Crippen LogP contribution in [0.4, 0.5) is 18.9 Å². The van der Waals surface area contributed by atoms with E-state index in [0.717, 1.165) is 0 Å². The van der Waals surface area contributed by atoms with Crippen molar-refractivity contribution >= 4 is 21.6 Å². The summed E-state index contributed by atoms with van der Waals surface area (Å²) in [5.41, 5.74) is -0.889. The Balaban J connectivity index is 3.20. The third kappa shape index (κ3) is 4.69. The maximum Gasteiger partial charge on any atom is 0.422 e. The maximum atomic E-state index is 12.2. The molecule has 0 bridgehead atoms. The van der Waals surface area contributed by atoms with Gasteiger partial charge in [-0.2, -0.15) is 29.0 Å². The number of nitriles is 3. The highest BCUT2D eigenvalue weighted by Gasteiger charge is 2.29. The van der Waals surface area contributed by atoms with E-state index in [9.17, 15) is 13.2 Å². The van der Waals surface area contributed by atoms with Gasteiger partial charge in [-0.1, -0.05) is 6.07 Å². The third-order valence-electron chi connectivity index (χ3n) is 2.20. The SMILES string of the molecule is N#CC(C#N)=C(C#N)Nc1c(Br)cccc1OCC(F)(F)F. The first kappa shape index (κ1) is 17.4. The Labute approximate surface area is 132 Å². The van der Waals surface area contributed by atoms with Crippen LogP contribution in [0, 0.1) is 34.0 Å². The predicted molar refractivity (Wildman–Crippen MR) is 73.2 cm³/mol. The molecule has 1 aromatic rings. The van der Waals surface area contributed by atoms with Crippen LogP contribution in [0.15, 0.2) is 33.9 Å². The molecule has 0 unspecified atom stereocenters. The van der Waals surface area contributed by atoms with Crippen LogP contribution in [0.5, 0.6) is 5.75 Å². The summed E-state index contributed by atoms with van der Waals surface area (Å²) in [6.45, 7) is -1.52. The van der Waals surface area contributed by atoms with Crippen molar-refractivity contribution in [3.63, 3.8) is 0 Å². The Morgan fingerprint density at radius 3 is 2.32 bits per heavy atom. The summed E-state index contributed by atoms with van der Waals surface area (Å²) in [4.78, 5) is 0. The molecule has 0 aromatic heterocycles. The number of allylic oxidation sites excluding steroid dienone is 2. The molecule has 9 heteroatoms. The number of benzene rings is 1. The molecule has 0 aliphatic rings. The fourth-order valence-electron chi connectivity index (χ4n) is 1.31. The van der Waals surface area contributed by atoms with E-state index >= 15 is 0 Å². The first-order valence-electron chi connectivity index (χ1n) is 5.52. The molecule has 0 atom stereocenters. The Morgan fingerprint density at radius 1 is 1.18 bits per heavy atom. The number of rotatable bonds is 4. The lowest BCUT2D eigenvalue weighted by Gasteiger charge is -2.15. The summed E-state index contributed by atoms with van der Waals surface area (Å²) in [6, 6.07) is 8.82. The second-order valence-corrected chi connectivity index (χ2v) is 4.58. The highest BCUT2D eigenvalue weighted by atomic mass is 79.9. The standard InChI is InChI=1S/C13H6BrF3N4O/c14-9-2-1-3-11(22-7-13(15,16)17)12(9)21-10(6-20)8(4-18)5-19/h1-3,21H,7H2. The summed E-state index contributed by atoms with van der Waals surface area (Å²) in [6.07, 6.45) is -4.53. The molecule has 1 aromatic carbocycles. The van der Waals surface area contributed by atoms with Crippen LogP contribution in [-0.4, -0.2) is 12.8 Å². The van der Waals surface area contributed by atoms with E-state index < -0.39 is 24.1 Å². The Morgan fingerprint density at radius 2 is 1.82 bits per heavy atom. The molecule has 0 radical (unpaired) electrons. The van der Waals surface area contributed by atoms with Gasteiger partial charge in [0, 0.05) is 4.47 Å².